The topological polar surface area (TPSA) is 29.1 Å². The maximum Gasteiger partial charge on any atom is 0.219 e. The Morgan fingerprint density at radius 3 is 1.75 bits per heavy atom. The minimum atomic E-state index is 0.237. The average molecular weight is 338 g/mol. The minimum absolute atomic E-state index is 0.237. The lowest BCUT2D eigenvalue weighted by atomic mass is 10.1. The van der Waals surface area contributed by atoms with Crippen LogP contribution in [0.1, 0.15) is 117 Å². The summed E-state index contributed by atoms with van der Waals surface area (Å²) in [5, 5.41) is 2.99. The molecule has 0 unspecified atom stereocenters. The SMILES string of the molecule is CCCCCCCC/C=C\CCCCCCCC(=O)NCCCC. The Balaban J connectivity index is 3.16. The van der Waals surface area contributed by atoms with Gasteiger partial charge in [0, 0.05) is 13.0 Å². The standard InChI is InChI=1S/C22H43NO/c1-3-5-7-8-9-10-11-12-13-14-15-16-17-18-19-20-22(24)23-21-6-4-2/h12-13H,3-11,14-21H2,1-2H3,(H,23,24)/b13-12-. The molecule has 2 heteroatoms. The Hall–Kier alpha value is -0.790. The molecule has 1 N–H and O–H groups in total. The minimum Gasteiger partial charge on any atom is -0.356 e. The number of unbranched alkanes of at least 4 members (excludes halogenated alkanes) is 12. The molecular weight excluding hydrogens is 294 g/mol. The van der Waals surface area contributed by atoms with E-state index in [-0.39, 0.29) is 5.91 Å². The van der Waals surface area contributed by atoms with Crippen molar-refractivity contribution >= 4 is 5.91 Å². The van der Waals surface area contributed by atoms with Crippen LogP contribution < -0.4 is 5.32 Å². The quantitative estimate of drug-likeness (QED) is 0.213. The Kier molecular flexibility index (Phi) is 19.6. The van der Waals surface area contributed by atoms with Gasteiger partial charge in [0.1, 0.15) is 0 Å². The molecule has 0 saturated heterocycles. The molecule has 0 aliphatic heterocycles. The molecule has 0 atom stereocenters. The Labute approximate surface area is 151 Å². The Bertz CT molecular complexity index is 286. The lowest BCUT2D eigenvalue weighted by Crippen LogP contribution is -2.23. The van der Waals surface area contributed by atoms with E-state index in [1.165, 1.54) is 77.0 Å². The molecule has 1 amide bonds. The monoisotopic (exact) mass is 337 g/mol. The molecule has 0 aromatic carbocycles. The van der Waals surface area contributed by atoms with E-state index in [0.29, 0.717) is 6.42 Å². The summed E-state index contributed by atoms with van der Waals surface area (Å²) in [4.78, 5) is 11.5. The fraction of sp³-hybridized carbons (Fsp3) is 0.864. The highest BCUT2D eigenvalue weighted by Gasteiger charge is 1.99. The van der Waals surface area contributed by atoms with Crippen molar-refractivity contribution in [1.29, 1.82) is 0 Å². The summed E-state index contributed by atoms with van der Waals surface area (Å²) in [5.41, 5.74) is 0. The zero-order valence-corrected chi connectivity index (χ0v) is 16.6. The summed E-state index contributed by atoms with van der Waals surface area (Å²) < 4.78 is 0. The van der Waals surface area contributed by atoms with Crippen LogP contribution in [0.4, 0.5) is 0 Å². The maximum atomic E-state index is 11.5. The Morgan fingerprint density at radius 1 is 0.667 bits per heavy atom. The first-order valence-corrected chi connectivity index (χ1v) is 10.7. The summed E-state index contributed by atoms with van der Waals surface area (Å²) in [7, 11) is 0. The van der Waals surface area contributed by atoms with E-state index >= 15 is 0 Å². The van der Waals surface area contributed by atoms with Gasteiger partial charge in [-0.1, -0.05) is 83.8 Å². The highest BCUT2D eigenvalue weighted by Crippen LogP contribution is 2.09. The van der Waals surface area contributed by atoms with E-state index in [1.807, 2.05) is 0 Å². The van der Waals surface area contributed by atoms with E-state index in [9.17, 15) is 4.79 Å². The van der Waals surface area contributed by atoms with Crippen molar-refractivity contribution < 1.29 is 4.79 Å². The predicted octanol–water partition coefficient (Wildman–Crippen LogP) is 6.94. The normalized spacial score (nSPS) is 11.2. The molecule has 2 nitrogen and oxygen atoms in total. The molecule has 0 bridgehead atoms. The van der Waals surface area contributed by atoms with Crippen molar-refractivity contribution in [3.63, 3.8) is 0 Å². The summed E-state index contributed by atoms with van der Waals surface area (Å²) in [6.07, 6.45) is 24.6. The van der Waals surface area contributed by atoms with Crippen molar-refractivity contribution in [1.82, 2.24) is 5.32 Å². The number of hydrogen-bond acceptors (Lipinski definition) is 1. The zero-order valence-electron chi connectivity index (χ0n) is 16.6. The third-order valence-electron chi connectivity index (χ3n) is 4.52. The third kappa shape index (κ3) is 19.3. The number of hydrogen-bond donors (Lipinski definition) is 1. The number of allylic oxidation sites excluding steroid dienone is 2. The van der Waals surface area contributed by atoms with Gasteiger partial charge in [-0.2, -0.15) is 0 Å². The zero-order chi connectivity index (χ0) is 17.7. The van der Waals surface area contributed by atoms with Gasteiger partial charge < -0.3 is 5.32 Å². The van der Waals surface area contributed by atoms with E-state index < -0.39 is 0 Å². The second-order valence-electron chi connectivity index (χ2n) is 7.04. The second-order valence-corrected chi connectivity index (χ2v) is 7.04. The molecule has 0 rings (SSSR count). The van der Waals surface area contributed by atoms with Gasteiger partial charge in [-0.15, -0.1) is 0 Å². The molecule has 0 spiro atoms. The predicted molar refractivity (Wildman–Crippen MR) is 107 cm³/mol. The first kappa shape index (κ1) is 23.2. The first-order chi connectivity index (χ1) is 11.8. The van der Waals surface area contributed by atoms with Gasteiger partial charge in [0.2, 0.25) is 5.91 Å². The van der Waals surface area contributed by atoms with Crippen LogP contribution in [0.3, 0.4) is 0 Å². The molecular formula is C22H43NO. The van der Waals surface area contributed by atoms with Crippen molar-refractivity contribution in [3.05, 3.63) is 12.2 Å². The van der Waals surface area contributed by atoms with Crippen LogP contribution in [0.15, 0.2) is 12.2 Å². The fourth-order valence-electron chi connectivity index (χ4n) is 2.85. The van der Waals surface area contributed by atoms with E-state index in [4.69, 9.17) is 0 Å². The number of rotatable bonds is 18. The summed E-state index contributed by atoms with van der Waals surface area (Å²) in [6.45, 7) is 5.27. The highest BCUT2D eigenvalue weighted by molar-refractivity contribution is 5.75. The number of nitrogens with one attached hydrogen (secondary N) is 1. The van der Waals surface area contributed by atoms with Crippen molar-refractivity contribution in [2.24, 2.45) is 0 Å². The highest BCUT2D eigenvalue weighted by atomic mass is 16.1. The third-order valence-corrected chi connectivity index (χ3v) is 4.52. The summed E-state index contributed by atoms with van der Waals surface area (Å²) in [5.74, 6) is 0.237. The summed E-state index contributed by atoms with van der Waals surface area (Å²) >= 11 is 0. The number of amides is 1. The molecule has 0 saturated carbocycles. The molecule has 0 aliphatic rings. The Morgan fingerprint density at radius 2 is 1.17 bits per heavy atom. The molecule has 0 aromatic heterocycles. The van der Waals surface area contributed by atoms with Gasteiger partial charge in [-0.25, -0.2) is 0 Å². The van der Waals surface area contributed by atoms with Gasteiger partial charge in [0.25, 0.3) is 0 Å². The molecule has 0 radical (unpaired) electrons. The largest absolute Gasteiger partial charge is 0.356 e. The molecule has 0 aromatic rings. The van der Waals surface area contributed by atoms with Gasteiger partial charge in [0.05, 0.1) is 0 Å². The lowest BCUT2D eigenvalue weighted by Gasteiger charge is -2.04. The lowest BCUT2D eigenvalue weighted by molar-refractivity contribution is -0.121. The smallest absolute Gasteiger partial charge is 0.219 e. The van der Waals surface area contributed by atoms with Crippen LogP contribution in [0, 0.1) is 0 Å². The fourth-order valence-corrected chi connectivity index (χ4v) is 2.85. The first-order valence-electron chi connectivity index (χ1n) is 10.7. The molecule has 0 aliphatic carbocycles. The summed E-state index contributed by atoms with van der Waals surface area (Å²) in [6, 6.07) is 0. The van der Waals surface area contributed by atoms with Crippen LogP contribution in [0.5, 0.6) is 0 Å². The van der Waals surface area contributed by atoms with Crippen LogP contribution >= 0.6 is 0 Å². The van der Waals surface area contributed by atoms with Crippen LogP contribution in [0.25, 0.3) is 0 Å². The molecule has 142 valence electrons. The van der Waals surface area contributed by atoms with E-state index in [2.05, 4.69) is 31.3 Å². The van der Waals surface area contributed by atoms with E-state index in [1.54, 1.807) is 0 Å². The average Bonchev–Trinajstić information content (AvgIpc) is 2.58. The van der Waals surface area contributed by atoms with Crippen molar-refractivity contribution in [2.45, 2.75) is 117 Å². The van der Waals surface area contributed by atoms with Gasteiger partial charge >= 0.3 is 0 Å². The van der Waals surface area contributed by atoms with Crippen molar-refractivity contribution in [2.75, 3.05) is 6.54 Å². The van der Waals surface area contributed by atoms with Gasteiger partial charge in [-0.05, 0) is 38.5 Å². The van der Waals surface area contributed by atoms with Crippen LogP contribution in [-0.4, -0.2) is 12.5 Å². The van der Waals surface area contributed by atoms with E-state index in [0.717, 1.165) is 25.8 Å². The van der Waals surface area contributed by atoms with Crippen LogP contribution in [0.2, 0.25) is 0 Å². The van der Waals surface area contributed by atoms with Crippen LogP contribution in [-0.2, 0) is 4.79 Å². The molecule has 0 fully saturated rings. The van der Waals surface area contributed by atoms with Crippen molar-refractivity contribution in [3.8, 4) is 0 Å². The molecule has 24 heavy (non-hydrogen) atoms. The maximum absolute atomic E-state index is 11.5. The molecule has 0 heterocycles. The number of carbonyl (C=O) groups is 1. The van der Waals surface area contributed by atoms with Gasteiger partial charge in [0.15, 0.2) is 0 Å². The number of carbonyl (C=O) groups excluding carboxylic acids is 1. The van der Waals surface area contributed by atoms with Gasteiger partial charge in [-0.3, -0.25) is 4.79 Å². The second kappa shape index (κ2) is 20.3.